The van der Waals surface area contributed by atoms with E-state index in [0.29, 0.717) is 31.0 Å². The van der Waals surface area contributed by atoms with Crippen molar-refractivity contribution >= 4 is 17.5 Å². The number of amides is 1. The maximum atomic E-state index is 14.7. The molecule has 3 heterocycles. The molecule has 0 bridgehead atoms. The molecule has 0 radical (unpaired) electrons. The van der Waals surface area contributed by atoms with Gasteiger partial charge in [0, 0.05) is 32.1 Å². The van der Waals surface area contributed by atoms with Crippen LogP contribution in [0, 0.1) is 17.1 Å². The van der Waals surface area contributed by atoms with Crippen LogP contribution in [0.15, 0.2) is 30.6 Å². The van der Waals surface area contributed by atoms with Crippen LogP contribution in [-0.2, 0) is 11.3 Å². The highest BCUT2D eigenvalue weighted by Gasteiger charge is 2.35. The number of benzene rings is 1. The zero-order chi connectivity index (χ0) is 19.7. The Morgan fingerprint density at radius 2 is 2.18 bits per heavy atom. The number of nitrogens with zero attached hydrogens (tertiary/aromatic N) is 6. The maximum absolute atomic E-state index is 14.7. The fraction of sp³-hybridized carbons (Fsp3) is 0.444. The Bertz CT molecular complexity index is 905. The van der Waals surface area contributed by atoms with Crippen molar-refractivity contribution in [3.8, 4) is 6.07 Å². The number of aromatic nitrogens is 3. The first-order valence-electron chi connectivity index (χ1n) is 8.98. The zero-order valence-electron chi connectivity index (χ0n) is 15.0. The molecule has 0 saturated carbocycles. The number of cyclic esters (lactones) is 1. The highest BCUT2D eigenvalue weighted by atomic mass is 19.1. The Morgan fingerprint density at radius 3 is 2.82 bits per heavy atom. The van der Waals surface area contributed by atoms with Crippen LogP contribution in [0.5, 0.6) is 0 Å². The molecule has 10 heteroatoms. The number of hydrogen-bond donors (Lipinski definition) is 1. The van der Waals surface area contributed by atoms with E-state index in [2.05, 4.69) is 10.3 Å². The number of anilines is 2. The Balaban J connectivity index is 1.45. The number of ether oxygens (including phenoxy) is 1. The molecule has 2 aliphatic rings. The molecule has 1 aromatic carbocycles. The third kappa shape index (κ3) is 3.48. The van der Waals surface area contributed by atoms with Crippen LogP contribution < -0.4 is 9.80 Å². The van der Waals surface area contributed by atoms with Crippen molar-refractivity contribution in [1.29, 1.82) is 5.26 Å². The van der Waals surface area contributed by atoms with Gasteiger partial charge in [-0.25, -0.2) is 13.9 Å². The predicted molar refractivity (Wildman–Crippen MR) is 96.0 cm³/mol. The molecule has 0 aliphatic carbocycles. The lowest BCUT2D eigenvalue weighted by molar-refractivity contribution is 0.0723. The minimum absolute atomic E-state index is 0.257. The molecule has 146 valence electrons. The van der Waals surface area contributed by atoms with E-state index < -0.39 is 23.6 Å². The van der Waals surface area contributed by atoms with Crippen molar-refractivity contribution in [1.82, 2.24) is 15.0 Å². The topological polar surface area (TPSA) is 108 Å². The molecule has 2 saturated heterocycles. The van der Waals surface area contributed by atoms with Gasteiger partial charge in [0.2, 0.25) is 0 Å². The molecule has 1 atom stereocenters. The van der Waals surface area contributed by atoms with Crippen molar-refractivity contribution in [3.05, 3.63) is 36.4 Å². The summed E-state index contributed by atoms with van der Waals surface area (Å²) in [6, 6.07) is 6.49. The molecule has 2 aromatic rings. The van der Waals surface area contributed by atoms with Crippen molar-refractivity contribution in [2.45, 2.75) is 31.1 Å². The van der Waals surface area contributed by atoms with E-state index in [0.717, 1.165) is 0 Å². The van der Waals surface area contributed by atoms with Gasteiger partial charge in [-0.05, 0) is 18.2 Å². The molecular formula is C18H19FN6O3. The first-order valence-corrected chi connectivity index (χ1v) is 8.98. The van der Waals surface area contributed by atoms with Crippen molar-refractivity contribution < 1.29 is 19.0 Å². The fourth-order valence-electron chi connectivity index (χ4n) is 3.52. The van der Waals surface area contributed by atoms with Gasteiger partial charge in [-0.2, -0.15) is 5.26 Å². The van der Waals surface area contributed by atoms with Gasteiger partial charge in [0.25, 0.3) is 0 Å². The number of carbonyl (C=O) groups excluding carboxylic acids is 1. The molecule has 0 unspecified atom stereocenters. The number of halogens is 1. The first-order chi connectivity index (χ1) is 13.5. The summed E-state index contributed by atoms with van der Waals surface area (Å²) in [4.78, 5) is 15.4. The lowest BCUT2D eigenvalue weighted by atomic mass is 9.93. The number of rotatable bonds is 4. The van der Waals surface area contributed by atoms with Crippen molar-refractivity contribution in [2.24, 2.45) is 0 Å². The van der Waals surface area contributed by atoms with Gasteiger partial charge in [-0.15, -0.1) is 5.10 Å². The van der Waals surface area contributed by atoms with Gasteiger partial charge in [0.05, 0.1) is 36.7 Å². The summed E-state index contributed by atoms with van der Waals surface area (Å²) in [5, 5.41) is 26.6. The monoisotopic (exact) mass is 386 g/mol. The summed E-state index contributed by atoms with van der Waals surface area (Å²) in [5.74, 6) is -0.465. The van der Waals surface area contributed by atoms with E-state index in [1.165, 1.54) is 11.0 Å². The van der Waals surface area contributed by atoms with Crippen molar-refractivity contribution in [2.75, 3.05) is 29.4 Å². The van der Waals surface area contributed by atoms with Gasteiger partial charge in [-0.3, -0.25) is 4.90 Å². The number of nitriles is 1. The predicted octanol–water partition coefficient (Wildman–Crippen LogP) is 1.30. The highest BCUT2D eigenvalue weighted by molar-refractivity contribution is 5.90. The van der Waals surface area contributed by atoms with Crippen LogP contribution in [0.1, 0.15) is 12.8 Å². The molecule has 1 amide bonds. The Labute approximate surface area is 160 Å². The Morgan fingerprint density at radius 1 is 1.39 bits per heavy atom. The summed E-state index contributed by atoms with van der Waals surface area (Å²) >= 11 is 0. The van der Waals surface area contributed by atoms with Gasteiger partial charge >= 0.3 is 6.09 Å². The Kier molecular flexibility index (Phi) is 4.60. The van der Waals surface area contributed by atoms with Crippen molar-refractivity contribution in [3.63, 3.8) is 0 Å². The zero-order valence-corrected chi connectivity index (χ0v) is 15.0. The second-order valence-corrected chi connectivity index (χ2v) is 7.01. The summed E-state index contributed by atoms with van der Waals surface area (Å²) in [6.45, 7) is 1.42. The molecule has 1 aromatic heterocycles. The SMILES string of the molecule is N#CC1(O)CCN(c2ccc(N3C[C@H](Cn4ccnn4)OC3=O)cc2F)CC1. The molecule has 9 nitrogen and oxygen atoms in total. The van der Waals surface area contributed by atoms with Gasteiger partial charge < -0.3 is 14.7 Å². The second-order valence-electron chi connectivity index (χ2n) is 7.01. The van der Waals surface area contributed by atoms with Crippen LogP contribution in [0.3, 0.4) is 0 Å². The number of hydrogen-bond acceptors (Lipinski definition) is 7. The van der Waals surface area contributed by atoms with E-state index in [-0.39, 0.29) is 19.4 Å². The second kappa shape index (κ2) is 7.09. The molecule has 2 aliphatic heterocycles. The average Bonchev–Trinajstić information content (AvgIpc) is 3.32. The lowest BCUT2D eigenvalue weighted by Gasteiger charge is -2.35. The normalized spacial score (nSPS) is 21.5. The molecule has 2 fully saturated rings. The highest BCUT2D eigenvalue weighted by Crippen LogP contribution is 2.31. The fourth-order valence-corrected chi connectivity index (χ4v) is 3.52. The molecule has 28 heavy (non-hydrogen) atoms. The third-order valence-electron chi connectivity index (χ3n) is 5.12. The standard InChI is InChI=1S/C18H19FN6O3/c19-15-9-13(1-2-16(15)23-6-3-18(27,12-20)4-7-23)25-11-14(28-17(25)26)10-24-8-5-21-22-24/h1-2,5,8-9,14,27H,3-4,6-7,10-11H2/t14-/m0/s1. The number of aliphatic hydroxyl groups is 1. The lowest BCUT2D eigenvalue weighted by Crippen LogP contribution is -2.43. The average molecular weight is 386 g/mol. The Hall–Kier alpha value is -3.19. The summed E-state index contributed by atoms with van der Waals surface area (Å²) in [6.07, 6.45) is 2.80. The maximum Gasteiger partial charge on any atom is 0.414 e. The van der Waals surface area contributed by atoms with Crippen LogP contribution in [-0.4, -0.2) is 57.5 Å². The van der Waals surface area contributed by atoms with Crippen LogP contribution in [0.25, 0.3) is 0 Å². The van der Waals surface area contributed by atoms with E-state index in [9.17, 15) is 14.3 Å². The largest absolute Gasteiger partial charge is 0.442 e. The molecule has 0 spiro atoms. The number of carbonyl (C=O) groups is 1. The quantitative estimate of drug-likeness (QED) is 0.789. The molecule has 4 rings (SSSR count). The van der Waals surface area contributed by atoms with Gasteiger partial charge in [0.15, 0.2) is 5.60 Å². The van der Waals surface area contributed by atoms with Crippen LogP contribution in [0.4, 0.5) is 20.6 Å². The van der Waals surface area contributed by atoms with Crippen LogP contribution in [0.2, 0.25) is 0 Å². The molecular weight excluding hydrogens is 367 g/mol. The third-order valence-corrected chi connectivity index (χ3v) is 5.12. The van der Waals surface area contributed by atoms with E-state index in [1.807, 2.05) is 6.07 Å². The summed E-state index contributed by atoms with van der Waals surface area (Å²) in [7, 11) is 0. The van der Waals surface area contributed by atoms with E-state index in [1.54, 1.807) is 34.1 Å². The van der Waals surface area contributed by atoms with Gasteiger partial charge in [0.1, 0.15) is 11.9 Å². The van der Waals surface area contributed by atoms with Gasteiger partial charge in [-0.1, -0.05) is 5.21 Å². The minimum atomic E-state index is -1.34. The summed E-state index contributed by atoms with van der Waals surface area (Å²) in [5.41, 5.74) is -0.543. The smallest absolute Gasteiger partial charge is 0.414 e. The summed E-state index contributed by atoms with van der Waals surface area (Å²) < 4.78 is 21.6. The first kappa shape index (κ1) is 18.2. The van der Waals surface area contributed by atoms with Crippen LogP contribution >= 0.6 is 0 Å². The van der Waals surface area contributed by atoms with E-state index in [4.69, 9.17) is 10.00 Å². The molecule has 1 N–H and O–H groups in total. The number of piperidine rings is 1. The van der Waals surface area contributed by atoms with E-state index >= 15 is 0 Å². The minimum Gasteiger partial charge on any atom is -0.442 e.